The Kier molecular flexibility index (Phi) is 7.50. The average molecular weight is 405 g/mol. The molecule has 0 aliphatic rings. The van der Waals surface area contributed by atoms with Gasteiger partial charge in [-0.1, -0.05) is 67.6 Å². The quantitative estimate of drug-likeness (QED) is 0.431. The third-order valence-corrected chi connectivity index (χ3v) is 5.15. The normalized spacial score (nSPS) is 10.6. The molecule has 0 amide bonds. The molecule has 0 bridgehead atoms. The van der Waals surface area contributed by atoms with Gasteiger partial charge >= 0.3 is 5.97 Å². The van der Waals surface area contributed by atoms with Crippen molar-refractivity contribution in [1.82, 2.24) is 0 Å². The fraction of sp³-hybridized carbons (Fsp3) is 0.269. The maximum absolute atomic E-state index is 11.9. The zero-order valence-corrected chi connectivity index (χ0v) is 17.6. The predicted molar refractivity (Wildman–Crippen MR) is 119 cm³/mol. The monoisotopic (exact) mass is 404 g/mol. The Morgan fingerprint density at radius 1 is 0.900 bits per heavy atom. The minimum absolute atomic E-state index is 0.221. The van der Waals surface area contributed by atoms with Gasteiger partial charge in [0.2, 0.25) is 0 Å². The maximum Gasteiger partial charge on any atom is 0.339 e. The molecule has 0 aliphatic heterocycles. The molecule has 0 unspecified atom stereocenters. The number of hydrogen-bond acceptors (Lipinski definition) is 3. The van der Waals surface area contributed by atoms with Crippen LogP contribution in [0.1, 0.15) is 46.0 Å². The van der Waals surface area contributed by atoms with Gasteiger partial charge in [-0.05, 0) is 48.4 Å². The lowest BCUT2D eigenvalue weighted by Gasteiger charge is -2.19. The van der Waals surface area contributed by atoms with Gasteiger partial charge in [0.05, 0.1) is 6.61 Å². The molecule has 0 saturated heterocycles. The Morgan fingerprint density at radius 2 is 1.53 bits per heavy atom. The zero-order valence-electron chi connectivity index (χ0n) is 17.6. The fourth-order valence-corrected chi connectivity index (χ4v) is 3.59. The van der Waals surface area contributed by atoms with Crippen LogP contribution in [0.3, 0.4) is 0 Å². The van der Waals surface area contributed by atoms with E-state index in [0.717, 1.165) is 24.0 Å². The second kappa shape index (κ2) is 10.5. The summed E-state index contributed by atoms with van der Waals surface area (Å²) < 4.78 is 12.0. The number of rotatable bonds is 10. The number of carboxylic acid groups (broad SMARTS) is 1. The van der Waals surface area contributed by atoms with Gasteiger partial charge in [-0.2, -0.15) is 0 Å². The number of carbonyl (C=O) groups is 1. The molecule has 0 atom stereocenters. The van der Waals surface area contributed by atoms with E-state index in [2.05, 4.69) is 12.1 Å². The first-order valence-electron chi connectivity index (χ1n) is 10.3. The molecule has 3 aromatic rings. The third kappa shape index (κ3) is 5.41. The van der Waals surface area contributed by atoms with Gasteiger partial charge in [0.1, 0.15) is 23.7 Å². The fourth-order valence-electron chi connectivity index (χ4n) is 3.59. The minimum atomic E-state index is -0.977. The Balaban J connectivity index is 1.77. The van der Waals surface area contributed by atoms with E-state index >= 15 is 0 Å². The molecule has 0 aliphatic carbocycles. The lowest BCUT2D eigenvalue weighted by Crippen LogP contribution is -2.11. The van der Waals surface area contributed by atoms with Crippen LogP contribution in [0.5, 0.6) is 11.5 Å². The van der Waals surface area contributed by atoms with Gasteiger partial charge in [-0.3, -0.25) is 0 Å². The largest absolute Gasteiger partial charge is 0.493 e. The van der Waals surface area contributed by atoms with Crippen molar-refractivity contribution >= 4 is 5.97 Å². The molecular formula is C26H28O4. The molecule has 0 spiro atoms. The van der Waals surface area contributed by atoms with Crippen LogP contribution < -0.4 is 9.47 Å². The molecule has 0 radical (unpaired) electrons. The number of aryl methyl sites for hydroxylation is 1. The summed E-state index contributed by atoms with van der Waals surface area (Å²) >= 11 is 0. The first-order valence-corrected chi connectivity index (χ1v) is 10.3. The van der Waals surface area contributed by atoms with Crippen LogP contribution in [0.2, 0.25) is 0 Å². The molecule has 1 N–H and O–H groups in total. The van der Waals surface area contributed by atoms with Gasteiger partial charge in [0.25, 0.3) is 0 Å². The highest BCUT2D eigenvalue weighted by molar-refractivity contribution is 5.93. The Morgan fingerprint density at radius 3 is 2.13 bits per heavy atom. The molecule has 0 aromatic heterocycles. The number of benzene rings is 3. The third-order valence-electron chi connectivity index (χ3n) is 5.15. The highest BCUT2D eigenvalue weighted by Gasteiger charge is 2.21. The lowest BCUT2D eigenvalue weighted by molar-refractivity contribution is 0.0691. The van der Waals surface area contributed by atoms with Crippen molar-refractivity contribution in [3.05, 3.63) is 94.5 Å². The molecule has 0 heterocycles. The first kappa shape index (κ1) is 21.4. The summed E-state index contributed by atoms with van der Waals surface area (Å²) in [6, 6.07) is 21.8. The Hall–Kier alpha value is -3.27. The summed E-state index contributed by atoms with van der Waals surface area (Å²) in [4.78, 5) is 11.9. The molecule has 4 heteroatoms. The summed E-state index contributed by atoms with van der Waals surface area (Å²) in [6.07, 6.45) is 2.37. The van der Waals surface area contributed by atoms with Crippen LogP contribution in [-0.4, -0.2) is 17.7 Å². The van der Waals surface area contributed by atoms with Crippen molar-refractivity contribution in [2.45, 2.75) is 39.7 Å². The van der Waals surface area contributed by atoms with Gasteiger partial charge in [-0.15, -0.1) is 0 Å². The molecule has 30 heavy (non-hydrogen) atoms. The summed E-state index contributed by atoms with van der Waals surface area (Å²) in [6.45, 7) is 4.70. The second-order valence-corrected chi connectivity index (χ2v) is 7.22. The molecule has 3 rings (SSSR count). The van der Waals surface area contributed by atoms with Crippen molar-refractivity contribution < 1.29 is 19.4 Å². The van der Waals surface area contributed by atoms with Crippen molar-refractivity contribution in [3.63, 3.8) is 0 Å². The van der Waals surface area contributed by atoms with Crippen molar-refractivity contribution in [3.8, 4) is 11.5 Å². The summed E-state index contributed by atoms with van der Waals surface area (Å²) in [5.41, 5.74) is 4.13. The van der Waals surface area contributed by atoms with E-state index in [9.17, 15) is 9.90 Å². The van der Waals surface area contributed by atoms with Crippen LogP contribution in [-0.2, 0) is 19.4 Å². The van der Waals surface area contributed by atoms with Crippen molar-refractivity contribution in [1.29, 1.82) is 0 Å². The standard InChI is InChI=1S/C26H28O4/c1-3-22-19(2)25(26(27)28)24(29-16-10-15-20-11-6-4-7-12-20)17-23(22)30-18-21-13-8-5-9-14-21/h4-9,11-14,17H,3,10,15-16,18H2,1-2H3,(H,27,28). The van der Waals surface area contributed by atoms with Gasteiger partial charge in [0.15, 0.2) is 0 Å². The summed E-state index contributed by atoms with van der Waals surface area (Å²) in [7, 11) is 0. The van der Waals surface area contributed by atoms with Gasteiger partial charge in [0, 0.05) is 6.07 Å². The molecule has 0 fully saturated rings. The zero-order chi connectivity index (χ0) is 21.3. The SMILES string of the molecule is CCc1c(OCc2ccccc2)cc(OCCCc2ccccc2)c(C(=O)O)c1C. The lowest BCUT2D eigenvalue weighted by atomic mass is 9.98. The van der Waals surface area contributed by atoms with E-state index in [1.165, 1.54) is 5.56 Å². The number of ether oxygens (including phenoxy) is 2. The van der Waals surface area contributed by atoms with E-state index < -0.39 is 5.97 Å². The molecule has 0 saturated carbocycles. The number of hydrogen-bond donors (Lipinski definition) is 1. The van der Waals surface area contributed by atoms with E-state index in [4.69, 9.17) is 9.47 Å². The van der Waals surface area contributed by atoms with E-state index in [0.29, 0.717) is 36.7 Å². The van der Waals surface area contributed by atoms with Crippen molar-refractivity contribution in [2.24, 2.45) is 0 Å². The van der Waals surface area contributed by atoms with Crippen LogP contribution in [0.25, 0.3) is 0 Å². The second-order valence-electron chi connectivity index (χ2n) is 7.22. The molecular weight excluding hydrogens is 376 g/mol. The number of carboxylic acids is 1. The van der Waals surface area contributed by atoms with Crippen LogP contribution in [0.15, 0.2) is 66.7 Å². The smallest absolute Gasteiger partial charge is 0.339 e. The van der Waals surface area contributed by atoms with E-state index in [1.807, 2.05) is 62.4 Å². The van der Waals surface area contributed by atoms with E-state index in [-0.39, 0.29) is 5.56 Å². The molecule has 156 valence electrons. The highest BCUT2D eigenvalue weighted by atomic mass is 16.5. The average Bonchev–Trinajstić information content (AvgIpc) is 2.76. The van der Waals surface area contributed by atoms with Gasteiger partial charge < -0.3 is 14.6 Å². The summed E-state index contributed by atoms with van der Waals surface area (Å²) in [5, 5.41) is 9.78. The molecule has 3 aromatic carbocycles. The van der Waals surface area contributed by atoms with Crippen LogP contribution in [0, 0.1) is 6.92 Å². The Labute approximate surface area is 178 Å². The van der Waals surface area contributed by atoms with Crippen LogP contribution >= 0.6 is 0 Å². The Bertz CT molecular complexity index is 965. The summed E-state index contributed by atoms with van der Waals surface area (Å²) in [5.74, 6) is 0.0742. The van der Waals surface area contributed by atoms with Crippen molar-refractivity contribution in [2.75, 3.05) is 6.61 Å². The van der Waals surface area contributed by atoms with Gasteiger partial charge in [-0.25, -0.2) is 4.79 Å². The van der Waals surface area contributed by atoms with Crippen LogP contribution in [0.4, 0.5) is 0 Å². The predicted octanol–water partition coefficient (Wildman–Crippen LogP) is 5.85. The number of aromatic carboxylic acids is 1. The minimum Gasteiger partial charge on any atom is -0.493 e. The highest BCUT2D eigenvalue weighted by Crippen LogP contribution is 2.34. The topological polar surface area (TPSA) is 55.8 Å². The molecule has 4 nitrogen and oxygen atoms in total. The van der Waals surface area contributed by atoms with E-state index in [1.54, 1.807) is 6.07 Å². The maximum atomic E-state index is 11.9. The first-order chi connectivity index (χ1) is 14.6.